The normalized spacial score (nSPS) is 22.9. The van der Waals surface area contributed by atoms with E-state index in [2.05, 4.69) is 0 Å². The van der Waals surface area contributed by atoms with Crippen molar-refractivity contribution in [3.05, 3.63) is 82.3 Å². The number of anilines is 2. The molecule has 2 aromatic rings. The van der Waals surface area contributed by atoms with E-state index in [1.807, 2.05) is 39.8 Å². The predicted octanol–water partition coefficient (Wildman–Crippen LogP) is 4.06. The van der Waals surface area contributed by atoms with Crippen molar-refractivity contribution in [1.82, 2.24) is 0 Å². The van der Waals surface area contributed by atoms with Crippen molar-refractivity contribution in [2.24, 2.45) is 5.41 Å². The molecule has 0 saturated carbocycles. The molecule has 0 radical (unpaired) electrons. The Hall–Kier alpha value is -4.20. The second kappa shape index (κ2) is 8.16. The molecular weight excluding hydrogens is 472 g/mol. The molecule has 2 heterocycles. The average Bonchev–Trinajstić information content (AvgIpc) is 3.21. The van der Waals surface area contributed by atoms with Gasteiger partial charge in [0, 0.05) is 23.5 Å². The first kappa shape index (κ1) is 24.5. The molecule has 37 heavy (non-hydrogen) atoms. The largest absolute Gasteiger partial charge is 0.503 e. The molecular formula is C29H28N2O6. The molecule has 0 bridgehead atoms. The Bertz CT molecular complexity index is 1430. The summed E-state index contributed by atoms with van der Waals surface area (Å²) in [5.74, 6) is -3.96. The summed E-state index contributed by atoms with van der Waals surface area (Å²) < 4.78 is 4.96. The van der Waals surface area contributed by atoms with Crippen molar-refractivity contribution in [3.63, 3.8) is 0 Å². The van der Waals surface area contributed by atoms with Gasteiger partial charge in [0.05, 0.1) is 12.7 Å². The Morgan fingerprint density at radius 2 is 1.43 bits per heavy atom. The van der Waals surface area contributed by atoms with Crippen LogP contribution in [0.15, 0.2) is 71.1 Å². The van der Waals surface area contributed by atoms with Gasteiger partial charge in [-0.05, 0) is 49.9 Å². The Balaban J connectivity index is 1.88. The highest BCUT2D eigenvalue weighted by Gasteiger charge is 2.70. The second-order valence-electron chi connectivity index (χ2n) is 10.6. The van der Waals surface area contributed by atoms with Crippen LogP contribution in [0.25, 0.3) is 0 Å². The first-order chi connectivity index (χ1) is 17.4. The number of methoxy groups -OCH3 is 1. The van der Waals surface area contributed by atoms with Gasteiger partial charge >= 0.3 is 5.97 Å². The first-order valence-corrected chi connectivity index (χ1v) is 12.1. The van der Waals surface area contributed by atoms with Crippen LogP contribution in [-0.2, 0) is 23.9 Å². The van der Waals surface area contributed by atoms with E-state index in [-0.39, 0.29) is 23.5 Å². The number of nitrogens with zero attached hydrogens (tertiary/aromatic N) is 2. The highest BCUT2D eigenvalue weighted by atomic mass is 16.5. The number of ketones is 1. The summed E-state index contributed by atoms with van der Waals surface area (Å²) in [6.07, 6.45) is 0.453. The van der Waals surface area contributed by atoms with Crippen LogP contribution >= 0.6 is 0 Å². The SMILES string of the molecule is COC(=O)C1=C(O)C(=O)N(c2ccc(C)cc2)C12C(=O)N(c1ccc(C)cc1)C1=C2C(=O)CC(C)(C)C1. The summed E-state index contributed by atoms with van der Waals surface area (Å²) >= 11 is 0. The molecule has 5 rings (SSSR count). The Kier molecular flexibility index (Phi) is 5.40. The lowest BCUT2D eigenvalue weighted by molar-refractivity contribution is -0.138. The van der Waals surface area contributed by atoms with E-state index in [1.165, 1.54) is 4.90 Å². The number of hydrogen-bond acceptors (Lipinski definition) is 6. The molecule has 0 fully saturated rings. The molecule has 3 aliphatic rings. The van der Waals surface area contributed by atoms with Crippen LogP contribution in [0.2, 0.25) is 0 Å². The summed E-state index contributed by atoms with van der Waals surface area (Å²) in [6.45, 7) is 7.65. The number of ether oxygens (including phenoxy) is 1. The Labute approximate surface area is 214 Å². The predicted molar refractivity (Wildman–Crippen MR) is 137 cm³/mol. The third-order valence-electron chi connectivity index (χ3n) is 7.31. The van der Waals surface area contributed by atoms with E-state index < -0.39 is 40.1 Å². The molecule has 2 aromatic carbocycles. The van der Waals surface area contributed by atoms with Gasteiger partial charge in [0.25, 0.3) is 11.8 Å². The monoisotopic (exact) mass is 500 g/mol. The van der Waals surface area contributed by atoms with Crippen LogP contribution in [0.4, 0.5) is 11.4 Å². The third-order valence-corrected chi connectivity index (χ3v) is 7.31. The maximum absolute atomic E-state index is 14.7. The molecule has 8 nitrogen and oxygen atoms in total. The topological polar surface area (TPSA) is 104 Å². The minimum atomic E-state index is -2.20. The highest BCUT2D eigenvalue weighted by molar-refractivity contribution is 6.33. The van der Waals surface area contributed by atoms with Crippen molar-refractivity contribution in [1.29, 1.82) is 0 Å². The van der Waals surface area contributed by atoms with Gasteiger partial charge in [-0.25, -0.2) is 4.79 Å². The number of hydrogen-bond donors (Lipinski definition) is 1. The fraction of sp³-hybridized carbons (Fsp3) is 0.310. The molecule has 2 aliphatic heterocycles. The van der Waals surface area contributed by atoms with Gasteiger partial charge in [0.2, 0.25) is 0 Å². The van der Waals surface area contributed by atoms with Crippen LogP contribution in [0.1, 0.15) is 37.8 Å². The average molecular weight is 501 g/mol. The molecule has 190 valence electrons. The van der Waals surface area contributed by atoms with Crippen molar-refractivity contribution < 1.29 is 29.0 Å². The number of aryl methyl sites for hydroxylation is 2. The summed E-state index contributed by atoms with van der Waals surface area (Å²) in [5, 5.41) is 11.0. The van der Waals surface area contributed by atoms with Gasteiger partial charge in [-0.15, -0.1) is 0 Å². The van der Waals surface area contributed by atoms with Crippen LogP contribution in [0.5, 0.6) is 0 Å². The van der Waals surface area contributed by atoms with Gasteiger partial charge in [0.15, 0.2) is 17.1 Å². The minimum absolute atomic E-state index is 0.0239. The van der Waals surface area contributed by atoms with Gasteiger partial charge < -0.3 is 9.84 Å². The molecule has 0 saturated heterocycles. The van der Waals surface area contributed by atoms with E-state index in [1.54, 1.807) is 36.4 Å². The number of benzene rings is 2. The number of Topliss-reactive ketones (excluding diaryl/α,β-unsaturated/α-hetero) is 1. The fourth-order valence-electron chi connectivity index (χ4n) is 5.69. The van der Waals surface area contributed by atoms with Crippen molar-refractivity contribution in [2.75, 3.05) is 16.9 Å². The lowest BCUT2D eigenvalue weighted by Gasteiger charge is -2.38. The summed E-state index contributed by atoms with van der Waals surface area (Å²) in [4.78, 5) is 57.9. The van der Waals surface area contributed by atoms with Crippen molar-refractivity contribution >= 4 is 34.9 Å². The highest BCUT2D eigenvalue weighted by Crippen LogP contribution is 2.56. The van der Waals surface area contributed by atoms with Gasteiger partial charge in [-0.3, -0.25) is 24.2 Å². The summed E-state index contributed by atoms with van der Waals surface area (Å²) in [7, 11) is 1.10. The van der Waals surface area contributed by atoms with Crippen LogP contribution in [0.3, 0.4) is 0 Å². The zero-order valence-electron chi connectivity index (χ0n) is 21.4. The number of aliphatic hydroxyl groups is 1. The van der Waals surface area contributed by atoms with Crippen LogP contribution < -0.4 is 9.80 Å². The number of rotatable bonds is 3. The number of esters is 1. The zero-order chi connectivity index (χ0) is 26.9. The van der Waals surface area contributed by atoms with E-state index >= 15 is 0 Å². The standard InChI is InChI=1S/C29H28N2O6/c1-16-6-10-18(11-7-16)30-20-14-28(3,4)15-21(32)22(20)29(27(30)36)23(26(35)37-5)24(33)25(34)31(29)19-12-8-17(2)9-13-19/h6-13,33H,14-15H2,1-5H3. The Morgan fingerprint density at radius 3 is 1.97 bits per heavy atom. The number of amides is 2. The second-order valence-corrected chi connectivity index (χ2v) is 10.6. The van der Waals surface area contributed by atoms with Gasteiger partial charge in [-0.1, -0.05) is 49.2 Å². The maximum atomic E-state index is 14.7. The summed E-state index contributed by atoms with van der Waals surface area (Å²) in [6, 6.07) is 14.0. The lowest BCUT2D eigenvalue weighted by atomic mass is 9.70. The maximum Gasteiger partial charge on any atom is 0.341 e. The number of carbonyl (C=O) groups excluding carboxylic acids is 4. The fourth-order valence-corrected chi connectivity index (χ4v) is 5.69. The molecule has 8 heteroatoms. The molecule has 2 amide bonds. The first-order valence-electron chi connectivity index (χ1n) is 12.1. The lowest BCUT2D eigenvalue weighted by Crippen LogP contribution is -2.59. The number of carbonyl (C=O) groups is 4. The number of allylic oxidation sites excluding steroid dienone is 1. The minimum Gasteiger partial charge on any atom is -0.503 e. The van der Waals surface area contributed by atoms with E-state index in [0.717, 1.165) is 23.1 Å². The van der Waals surface area contributed by atoms with Crippen molar-refractivity contribution in [2.45, 2.75) is 46.1 Å². The molecule has 1 aliphatic carbocycles. The zero-order valence-corrected chi connectivity index (χ0v) is 21.4. The van der Waals surface area contributed by atoms with E-state index in [0.29, 0.717) is 17.8 Å². The number of fused-ring (bicyclic) bond motifs is 1. The molecule has 1 atom stereocenters. The Morgan fingerprint density at radius 1 is 0.892 bits per heavy atom. The van der Waals surface area contributed by atoms with Gasteiger partial charge in [0.1, 0.15) is 5.57 Å². The third kappa shape index (κ3) is 3.35. The summed E-state index contributed by atoms with van der Waals surface area (Å²) in [5.41, 5.74) is -0.125. The van der Waals surface area contributed by atoms with Crippen molar-refractivity contribution in [3.8, 4) is 0 Å². The smallest absolute Gasteiger partial charge is 0.341 e. The molecule has 1 N–H and O–H groups in total. The molecule has 1 spiro atoms. The number of aliphatic hydroxyl groups excluding tert-OH is 1. The molecule has 1 unspecified atom stereocenters. The van der Waals surface area contributed by atoms with E-state index in [4.69, 9.17) is 4.74 Å². The van der Waals surface area contributed by atoms with Crippen LogP contribution in [0, 0.1) is 19.3 Å². The van der Waals surface area contributed by atoms with Gasteiger partial charge in [-0.2, -0.15) is 0 Å². The van der Waals surface area contributed by atoms with E-state index in [9.17, 15) is 24.3 Å². The van der Waals surface area contributed by atoms with Crippen LogP contribution in [-0.4, -0.2) is 41.3 Å². The quantitative estimate of drug-likeness (QED) is 0.638. The molecule has 0 aromatic heterocycles.